The fourth-order valence-electron chi connectivity index (χ4n) is 4.84. The van der Waals surface area contributed by atoms with Crippen LogP contribution in [0.4, 0.5) is 0 Å². The number of rotatable bonds is 5. The van der Waals surface area contributed by atoms with E-state index < -0.39 is 5.54 Å². The molecule has 5 rings (SSSR count). The normalized spacial score (nSPS) is 21.3. The number of hydrogen-bond donors (Lipinski definition) is 1. The highest BCUT2D eigenvalue weighted by atomic mass is 16.3. The summed E-state index contributed by atoms with van der Waals surface area (Å²) in [6, 6.07) is 17.5. The number of carbonyl (C=O) groups is 2. The van der Waals surface area contributed by atoms with Crippen molar-refractivity contribution in [1.82, 2.24) is 14.8 Å². The predicted molar refractivity (Wildman–Crippen MR) is 117 cm³/mol. The van der Waals surface area contributed by atoms with E-state index in [4.69, 9.17) is 4.42 Å². The van der Waals surface area contributed by atoms with Crippen LogP contribution < -0.4 is 5.32 Å². The van der Waals surface area contributed by atoms with Crippen molar-refractivity contribution in [1.29, 1.82) is 0 Å². The molecule has 0 spiro atoms. The maximum Gasteiger partial charge on any atom is 0.271 e. The molecule has 160 valence electrons. The molecule has 2 aliphatic rings. The number of amides is 2. The molecule has 1 N–H and O–H groups in total. The van der Waals surface area contributed by atoms with Gasteiger partial charge in [-0.1, -0.05) is 43.2 Å². The maximum atomic E-state index is 13.7. The molecular weight excluding hydrogens is 390 g/mol. The Morgan fingerprint density at radius 2 is 1.81 bits per heavy atom. The molecular formula is C25H27N3O3. The zero-order chi connectivity index (χ0) is 21.4. The first-order valence-corrected chi connectivity index (χ1v) is 11.0. The molecule has 31 heavy (non-hydrogen) atoms. The summed E-state index contributed by atoms with van der Waals surface area (Å²) in [5.74, 6) is 0.458. The van der Waals surface area contributed by atoms with Crippen molar-refractivity contribution in [2.75, 3.05) is 0 Å². The van der Waals surface area contributed by atoms with Gasteiger partial charge in [0.15, 0.2) is 0 Å². The van der Waals surface area contributed by atoms with Crippen molar-refractivity contribution < 1.29 is 14.0 Å². The van der Waals surface area contributed by atoms with Crippen LogP contribution in [0.25, 0.3) is 11.5 Å². The Morgan fingerprint density at radius 3 is 2.52 bits per heavy atom. The molecule has 6 heteroatoms. The Hall–Kier alpha value is -3.28. The van der Waals surface area contributed by atoms with E-state index in [1.807, 2.05) is 66.1 Å². The first-order valence-electron chi connectivity index (χ1n) is 11.0. The monoisotopic (exact) mass is 417 g/mol. The summed E-state index contributed by atoms with van der Waals surface area (Å²) < 4.78 is 7.52. The van der Waals surface area contributed by atoms with E-state index in [1.54, 1.807) is 11.2 Å². The van der Waals surface area contributed by atoms with Crippen LogP contribution in [0.1, 0.15) is 48.7 Å². The topological polar surface area (TPSA) is 67.5 Å². The molecule has 0 saturated heterocycles. The molecule has 2 aromatic heterocycles. The van der Waals surface area contributed by atoms with Gasteiger partial charge in [-0.2, -0.15) is 0 Å². The number of nitrogens with zero attached hydrogens (tertiary/aromatic N) is 2. The third kappa shape index (κ3) is 3.46. The van der Waals surface area contributed by atoms with E-state index in [9.17, 15) is 9.59 Å². The molecule has 2 amide bonds. The predicted octanol–water partition coefficient (Wildman–Crippen LogP) is 4.22. The molecule has 1 aliphatic heterocycles. The number of furan rings is 1. The highest BCUT2D eigenvalue weighted by Gasteiger charge is 2.48. The smallest absolute Gasteiger partial charge is 0.271 e. The van der Waals surface area contributed by atoms with Crippen molar-refractivity contribution in [2.45, 2.75) is 57.3 Å². The molecule has 3 heterocycles. The lowest BCUT2D eigenvalue weighted by Gasteiger charge is -2.44. The first-order chi connectivity index (χ1) is 15.1. The number of carbonyl (C=O) groups excluding carboxylic acids is 2. The quantitative estimate of drug-likeness (QED) is 0.676. The van der Waals surface area contributed by atoms with Crippen molar-refractivity contribution in [2.24, 2.45) is 0 Å². The van der Waals surface area contributed by atoms with Gasteiger partial charge in [-0.15, -0.1) is 0 Å². The summed E-state index contributed by atoms with van der Waals surface area (Å²) in [5.41, 5.74) is 1.38. The van der Waals surface area contributed by atoms with Crippen molar-refractivity contribution in [3.8, 4) is 11.5 Å². The van der Waals surface area contributed by atoms with Crippen LogP contribution in [0.3, 0.4) is 0 Å². The lowest BCUT2D eigenvalue weighted by Crippen LogP contribution is -2.64. The zero-order valence-electron chi connectivity index (χ0n) is 17.7. The minimum Gasteiger partial charge on any atom is -0.463 e. The van der Waals surface area contributed by atoms with Gasteiger partial charge >= 0.3 is 0 Å². The average molecular weight is 418 g/mol. The van der Waals surface area contributed by atoms with E-state index in [2.05, 4.69) is 5.32 Å². The van der Waals surface area contributed by atoms with Crippen molar-refractivity contribution >= 4 is 11.8 Å². The minimum atomic E-state index is -1.01. The van der Waals surface area contributed by atoms with Crippen LogP contribution in [0.15, 0.2) is 65.3 Å². The Balaban J connectivity index is 1.54. The van der Waals surface area contributed by atoms with Crippen LogP contribution in [-0.2, 0) is 17.9 Å². The Bertz CT molecular complexity index is 1080. The fraction of sp³-hybridized carbons (Fsp3) is 0.360. The van der Waals surface area contributed by atoms with Gasteiger partial charge in [-0.3, -0.25) is 9.59 Å². The summed E-state index contributed by atoms with van der Waals surface area (Å²) >= 11 is 0. The molecule has 0 unspecified atom stereocenters. The van der Waals surface area contributed by atoms with Gasteiger partial charge in [0.1, 0.15) is 17.0 Å². The van der Waals surface area contributed by atoms with Crippen molar-refractivity contribution in [3.05, 3.63) is 72.1 Å². The summed E-state index contributed by atoms with van der Waals surface area (Å²) in [4.78, 5) is 29.0. The summed E-state index contributed by atoms with van der Waals surface area (Å²) in [6.45, 7) is 2.64. The van der Waals surface area contributed by atoms with E-state index in [0.717, 1.165) is 36.9 Å². The largest absolute Gasteiger partial charge is 0.463 e. The Kier molecular flexibility index (Phi) is 4.93. The Morgan fingerprint density at radius 1 is 1.06 bits per heavy atom. The summed E-state index contributed by atoms with van der Waals surface area (Å²) in [5, 5.41) is 3.23. The SMILES string of the molecule is C[C@]1(C(=O)NC2CCCC2)Cn2c(ccc2-c2ccco2)C(=O)N1Cc1ccccc1. The molecule has 1 fully saturated rings. The van der Waals surface area contributed by atoms with Gasteiger partial charge in [-0.25, -0.2) is 0 Å². The van der Waals surface area contributed by atoms with Gasteiger partial charge in [0, 0.05) is 12.6 Å². The average Bonchev–Trinajstić information content (AvgIpc) is 3.53. The van der Waals surface area contributed by atoms with Crippen LogP contribution in [0.2, 0.25) is 0 Å². The number of benzene rings is 1. The lowest BCUT2D eigenvalue weighted by molar-refractivity contribution is -0.133. The molecule has 1 saturated carbocycles. The second-order valence-corrected chi connectivity index (χ2v) is 8.77. The summed E-state index contributed by atoms with van der Waals surface area (Å²) in [7, 11) is 0. The van der Waals surface area contributed by atoms with E-state index in [1.165, 1.54) is 0 Å². The lowest BCUT2D eigenvalue weighted by atomic mass is 9.93. The molecule has 3 aromatic rings. The maximum absolute atomic E-state index is 13.7. The van der Waals surface area contributed by atoms with Crippen LogP contribution >= 0.6 is 0 Å². The number of nitrogens with one attached hydrogen (secondary N) is 1. The highest BCUT2D eigenvalue weighted by molar-refractivity contribution is 6.00. The number of aromatic nitrogens is 1. The van der Waals surface area contributed by atoms with Crippen LogP contribution in [0, 0.1) is 0 Å². The van der Waals surface area contributed by atoms with Gasteiger partial charge < -0.3 is 19.2 Å². The van der Waals surface area contributed by atoms with E-state index in [0.29, 0.717) is 24.5 Å². The van der Waals surface area contributed by atoms with Crippen molar-refractivity contribution in [3.63, 3.8) is 0 Å². The van der Waals surface area contributed by atoms with Gasteiger partial charge in [0.05, 0.1) is 18.5 Å². The van der Waals surface area contributed by atoms with E-state index in [-0.39, 0.29) is 17.9 Å². The second kappa shape index (κ2) is 7.76. The number of hydrogen-bond acceptors (Lipinski definition) is 3. The first kappa shape index (κ1) is 19.7. The second-order valence-electron chi connectivity index (χ2n) is 8.77. The zero-order valence-corrected chi connectivity index (χ0v) is 17.7. The van der Waals surface area contributed by atoms with Gasteiger partial charge in [0.25, 0.3) is 5.91 Å². The third-order valence-electron chi connectivity index (χ3n) is 6.64. The van der Waals surface area contributed by atoms with Crippen LogP contribution in [0.5, 0.6) is 0 Å². The third-order valence-corrected chi connectivity index (χ3v) is 6.64. The van der Waals surface area contributed by atoms with E-state index >= 15 is 0 Å². The fourth-order valence-corrected chi connectivity index (χ4v) is 4.84. The van der Waals surface area contributed by atoms with Gasteiger partial charge in [-0.05, 0) is 49.6 Å². The number of fused-ring (bicyclic) bond motifs is 1. The highest BCUT2D eigenvalue weighted by Crippen LogP contribution is 2.34. The molecule has 1 aliphatic carbocycles. The molecule has 0 bridgehead atoms. The standard InChI is InChI=1S/C25H27N3O3/c1-25(24(30)26-19-10-5-6-11-19)17-27-20(22-12-7-15-31-22)13-14-21(27)23(29)28(25)16-18-8-3-2-4-9-18/h2-4,7-9,12-15,19H,5-6,10-11,16-17H2,1H3,(H,26,30)/t25-/m1/s1. The molecule has 6 nitrogen and oxygen atoms in total. The van der Waals surface area contributed by atoms with Gasteiger partial charge in [0.2, 0.25) is 5.91 Å². The molecule has 1 atom stereocenters. The van der Waals surface area contributed by atoms with Crippen LogP contribution in [-0.4, -0.2) is 32.9 Å². The Labute approximate surface area is 181 Å². The minimum absolute atomic E-state index is 0.0894. The molecule has 0 radical (unpaired) electrons. The summed E-state index contributed by atoms with van der Waals surface area (Å²) in [6.07, 6.45) is 5.90. The molecule has 1 aromatic carbocycles.